The van der Waals surface area contributed by atoms with E-state index in [1.54, 1.807) is 64.4 Å². The van der Waals surface area contributed by atoms with Gasteiger partial charge < -0.3 is 63.7 Å². The number of aryl methyl sites for hydroxylation is 3. The van der Waals surface area contributed by atoms with Gasteiger partial charge in [-0.05, 0) is 241 Å². The number of rotatable bonds is 26. The smallest absolute Gasteiger partial charge is 0.256 e. The molecule has 11 aromatic rings. The van der Waals surface area contributed by atoms with Gasteiger partial charge in [0.25, 0.3) is 34.4 Å². The molecule has 3 aliphatic heterocycles. The second-order valence-corrected chi connectivity index (χ2v) is 34.0. The molecule has 3 fully saturated rings. The molecule has 6 N–H and O–H groups in total. The number of aromatic nitrogens is 7. The number of carbonyl (C=O) groups excluding carboxylic acids is 3. The number of nitriles is 1. The Morgan fingerprint density at radius 3 is 1.48 bits per heavy atom. The second kappa shape index (κ2) is 34.9. The SMILES string of the molecule is COc1cc(C)[nH]c(=O)c1CNC(=O)c1c(C)n(C(C)C2CCN(Cc3ccnc(C#N)c3)CC2c2ccc3c(c2)c(C(=O)NCc2c(OC)cc(C)[nH]c2=O)c(C)n3C(C)C2CCN(Cc3cccc(F)c3)CC2c2ccc3c(c2)c(C(=O)NCc2c(Cl)cc(C)[nH]c2=O)c(C)n3C(C)C2CCN(CC(C)(C)OC)CC2)c2ccccc12. The standard InChI is InChI=1S/C93H108ClFN14O9/c1-52-36-78(94)73(87(110)101-52)44-98-91(114)85-59(8)107(55(4)63-27-32-104(33-28-63)51-93(10,11)118-14)80-24-22-64(41-71(80)85)76-49-105(47-61-18-17-19-66(95)39-61)34-29-69(76)57(6)109-60(9)86(92(115)100-46-75-83(117-13)38-54(3)103-89(75)112)72-42-65(23-25-81(72)109)77-50-106(48-62-26-31-97-67(40-62)43-96)35-30-68(77)56(5)108-58(7)84(70-20-15-16-21-79(70)108)90(113)99-45-74-82(116-12)37-53(2)102-88(74)111/h15-26,31,36-42,55-57,63,68-69,76-77H,27-30,32-35,44-51H2,1-14H3,(H,98,114)(H,99,113)(H,100,115)(H,101,110)(H,102,111)(H,103,112). The number of piperidine rings is 3. The monoisotopic (exact) mass is 1620 g/mol. The maximum Gasteiger partial charge on any atom is 0.256 e. The molecule has 3 aliphatic rings. The van der Waals surface area contributed by atoms with E-state index in [1.807, 2.05) is 63.2 Å². The van der Waals surface area contributed by atoms with Crippen LogP contribution >= 0.6 is 11.6 Å². The Kier molecular flexibility index (Phi) is 24.7. The molecule has 14 rings (SSSR count). The number of carbonyl (C=O) groups is 3. The number of para-hydroxylation sites is 1. The van der Waals surface area contributed by atoms with Crippen LogP contribution in [0.4, 0.5) is 4.39 Å². The first-order chi connectivity index (χ1) is 56.5. The number of likely N-dealkylation sites (tertiary alicyclic amines) is 3. The van der Waals surface area contributed by atoms with Crippen LogP contribution in [-0.2, 0) is 37.5 Å². The van der Waals surface area contributed by atoms with Crippen molar-refractivity contribution in [2.45, 2.75) is 170 Å². The summed E-state index contributed by atoms with van der Waals surface area (Å²) >= 11 is 6.74. The zero-order chi connectivity index (χ0) is 83.9. The third-order valence-corrected chi connectivity index (χ3v) is 26.0. The lowest BCUT2D eigenvalue weighted by Gasteiger charge is -2.43. The van der Waals surface area contributed by atoms with Crippen LogP contribution in [0.25, 0.3) is 32.7 Å². The van der Waals surface area contributed by atoms with Gasteiger partial charge in [-0.25, -0.2) is 9.37 Å². The van der Waals surface area contributed by atoms with Gasteiger partial charge in [0, 0.05) is 143 Å². The minimum absolute atomic E-state index is 0.00604. The average Bonchev–Trinajstić information content (AvgIpc) is 1.58. The highest BCUT2D eigenvalue weighted by Gasteiger charge is 2.41. The van der Waals surface area contributed by atoms with E-state index in [-0.39, 0.29) is 129 Å². The highest BCUT2D eigenvalue weighted by atomic mass is 35.5. The summed E-state index contributed by atoms with van der Waals surface area (Å²) in [6, 6.07) is 38.5. The summed E-state index contributed by atoms with van der Waals surface area (Å²) in [6.45, 7) is 28.1. The van der Waals surface area contributed by atoms with Crippen LogP contribution in [-0.4, -0.2) is 139 Å². The number of pyridine rings is 4. The van der Waals surface area contributed by atoms with E-state index in [1.165, 1.54) is 20.3 Å². The van der Waals surface area contributed by atoms with Gasteiger partial charge in [0.15, 0.2) is 0 Å². The quantitative estimate of drug-likeness (QED) is 0.0294. The number of methoxy groups -OCH3 is 3. The van der Waals surface area contributed by atoms with Crippen LogP contribution in [0.15, 0.2) is 136 Å². The van der Waals surface area contributed by atoms with E-state index in [4.69, 9.17) is 25.8 Å². The maximum atomic E-state index is 15.9. The maximum absolute atomic E-state index is 15.9. The molecular formula is C93H108ClFN14O9. The largest absolute Gasteiger partial charge is 0.496 e. The lowest BCUT2D eigenvalue weighted by molar-refractivity contribution is -0.0162. The molecule has 0 radical (unpaired) electrons. The number of benzene rings is 4. The average molecular weight is 1620 g/mol. The number of aromatic amines is 3. The van der Waals surface area contributed by atoms with Gasteiger partial charge in [0.1, 0.15) is 29.1 Å². The molecule has 25 heteroatoms. The van der Waals surface area contributed by atoms with E-state index in [0.29, 0.717) is 113 Å². The summed E-state index contributed by atoms with van der Waals surface area (Å²) in [4.78, 5) is 107. The van der Waals surface area contributed by atoms with Gasteiger partial charge >= 0.3 is 0 Å². The minimum atomic E-state index is -0.388. The van der Waals surface area contributed by atoms with Crippen molar-refractivity contribution in [2.24, 2.45) is 17.8 Å². The molecule has 7 atom stereocenters. The van der Waals surface area contributed by atoms with Gasteiger partial charge in [0.2, 0.25) is 0 Å². The lowest BCUT2D eigenvalue weighted by Crippen LogP contribution is -2.44. The predicted molar refractivity (Wildman–Crippen MR) is 459 cm³/mol. The third-order valence-electron chi connectivity index (χ3n) is 25.7. The Labute approximate surface area is 692 Å². The Morgan fingerprint density at radius 2 is 1.00 bits per heavy atom. The summed E-state index contributed by atoms with van der Waals surface area (Å²) in [6.07, 6.45) is 4.98. The number of hydrogen-bond donors (Lipinski definition) is 6. The summed E-state index contributed by atoms with van der Waals surface area (Å²) in [5.74, 6) is -0.957. The molecule has 4 aromatic carbocycles. The minimum Gasteiger partial charge on any atom is -0.496 e. The number of amides is 3. The molecule has 0 spiro atoms. The van der Waals surface area contributed by atoms with Gasteiger partial charge in [-0.1, -0.05) is 54.1 Å². The number of H-pyrrole nitrogens is 3. The van der Waals surface area contributed by atoms with Gasteiger partial charge in [-0.15, -0.1) is 0 Å². The molecule has 0 saturated carbocycles. The molecule has 7 unspecified atom stereocenters. The van der Waals surface area contributed by atoms with Crippen LogP contribution < -0.4 is 42.1 Å². The number of nitrogens with zero attached hydrogens (tertiary/aromatic N) is 8. The Balaban J connectivity index is 0.887. The van der Waals surface area contributed by atoms with Crippen molar-refractivity contribution in [3.8, 4) is 17.6 Å². The fourth-order valence-corrected chi connectivity index (χ4v) is 20.0. The molecular weight excluding hydrogens is 1510 g/mol. The van der Waals surface area contributed by atoms with E-state index in [0.717, 1.165) is 99.9 Å². The van der Waals surface area contributed by atoms with Crippen LogP contribution in [0.3, 0.4) is 0 Å². The Morgan fingerprint density at radius 1 is 0.551 bits per heavy atom. The van der Waals surface area contributed by atoms with Crippen molar-refractivity contribution < 1.29 is 33.0 Å². The molecule has 118 heavy (non-hydrogen) atoms. The van der Waals surface area contributed by atoms with Crippen molar-refractivity contribution in [3.05, 3.63) is 259 Å². The van der Waals surface area contributed by atoms with E-state index >= 15 is 14.0 Å². The normalized spacial score (nSPS) is 18.0. The Bertz CT molecular complexity index is 5900. The van der Waals surface area contributed by atoms with E-state index < -0.39 is 0 Å². The molecule has 10 heterocycles. The molecule has 23 nitrogen and oxygen atoms in total. The van der Waals surface area contributed by atoms with Gasteiger partial charge in [-0.2, -0.15) is 5.26 Å². The van der Waals surface area contributed by atoms with Crippen molar-refractivity contribution in [1.29, 1.82) is 5.26 Å². The summed E-state index contributed by atoms with van der Waals surface area (Å²) in [5, 5.41) is 21.9. The predicted octanol–water partition coefficient (Wildman–Crippen LogP) is 14.8. The molecule has 0 aliphatic carbocycles. The fourth-order valence-electron chi connectivity index (χ4n) is 19.7. The van der Waals surface area contributed by atoms with Crippen LogP contribution in [0, 0.1) is 76.4 Å². The van der Waals surface area contributed by atoms with Crippen molar-refractivity contribution >= 4 is 62.0 Å². The number of halogens is 2. The second-order valence-electron chi connectivity index (χ2n) is 33.6. The fraction of sp³-hybridized carbons (Fsp3) is 0.419. The van der Waals surface area contributed by atoms with Crippen LogP contribution in [0.5, 0.6) is 11.5 Å². The Hall–Kier alpha value is -10.9. The number of ether oxygens (including phenoxy) is 3. The molecule has 3 amide bonds. The zero-order valence-electron chi connectivity index (χ0n) is 70.0. The summed E-state index contributed by atoms with van der Waals surface area (Å²) in [7, 11) is 4.76. The van der Waals surface area contributed by atoms with Gasteiger partial charge in [0.05, 0.1) is 77.9 Å². The molecule has 3 saturated heterocycles. The van der Waals surface area contributed by atoms with Crippen molar-refractivity contribution in [1.82, 2.24) is 64.3 Å². The summed E-state index contributed by atoms with van der Waals surface area (Å²) < 4.78 is 39.4. The van der Waals surface area contributed by atoms with Gasteiger partial charge in [-0.3, -0.25) is 38.6 Å². The number of nitrogens with one attached hydrogen (secondary N) is 6. The van der Waals surface area contributed by atoms with Crippen LogP contribution in [0.1, 0.15) is 200 Å². The van der Waals surface area contributed by atoms with Crippen molar-refractivity contribution in [2.75, 3.05) is 67.1 Å². The molecule has 7 aromatic heterocycles. The number of hydrogen-bond acceptors (Lipinski definition) is 14. The van der Waals surface area contributed by atoms with E-state index in [9.17, 15) is 24.4 Å². The third kappa shape index (κ3) is 17.0. The first kappa shape index (κ1) is 83.5. The molecule has 0 bridgehead atoms. The highest BCUT2D eigenvalue weighted by molar-refractivity contribution is 6.31. The first-order valence-corrected chi connectivity index (χ1v) is 41.4. The highest BCUT2D eigenvalue weighted by Crippen LogP contribution is 2.48. The zero-order valence-corrected chi connectivity index (χ0v) is 70.7. The number of fused-ring (bicyclic) bond motifs is 3. The van der Waals surface area contributed by atoms with E-state index in [2.05, 4.69) is 141 Å². The topological polar surface area (TPSA) is 275 Å². The van der Waals surface area contributed by atoms with Crippen LogP contribution in [0.2, 0.25) is 5.02 Å². The summed E-state index contributed by atoms with van der Waals surface area (Å²) in [5.41, 5.74) is 11.7. The van der Waals surface area contributed by atoms with Crippen molar-refractivity contribution in [3.63, 3.8) is 0 Å². The molecule has 618 valence electrons. The lowest BCUT2D eigenvalue weighted by atomic mass is 9.76. The first-order valence-electron chi connectivity index (χ1n) is 41.0.